The lowest BCUT2D eigenvalue weighted by Crippen LogP contribution is -2.15. The number of nitrogens with zero attached hydrogens (tertiary/aromatic N) is 4. The molecule has 0 spiro atoms. The predicted molar refractivity (Wildman–Crippen MR) is 91.8 cm³/mol. The topological polar surface area (TPSA) is 88.5 Å². The lowest BCUT2D eigenvalue weighted by Gasteiger charge is -2.06. The van der Waals surface area contributed by atoms with Crippen LogP contribution in [0.5, 0.6) is 0 Å². The molecule has 3 aromatic rings. The first kappa shape index (κ1) is 16.2. The summed E-state index contributed by atoms with van der Waals surface area (Å²) in [4.78, 5) is 16.6. The fraction of sp³-hybridized carbons (Fsp3) is 0.250. The van der Waals surface area contributed by atoms with Gasteiger partial charge in [0.25, 0.3) is 0 Å². The SMILES string of the molecule is Cc1nc(-c2cccc(NC(=O)Cc3c(C)nn(C)c3Cl)c2)n[nH]1. The van der Waals surface area contributed by atoms with Crippen LogP contribution < -0.4 is 5.32 Å². The van der Waals surface area contributed by atoms with Crippen molar-refractivity contribution in [2.45, 2.75) is 20.3 Å². The minimum atomic E-state index is -0.156. The zero-order valence-corrected chi connectivity index (χ0v) is 14.3. The van der Waals surface area contributed by atoms with Crippen molar-refractivity contribution in [1.82, 2.24) is 25.0 Å². The second-order valence-corrected chi connectivity index (χ2v) is 5.89. The van der Waals surface area contributed by atoms with Gasteiger partial charge in [0, 0.05) is 23.9 Å². The molecule has 0 saturated heterocycles. The summed E-state index contributed by atoms with van der Waals surface area (Å²) in [7, 11) is 1.75. The van der Waals surface area contributed by atoms with Crippen LogP contribution in [0.2, 0.25) is 5.15 Å². The molecule has 2 heterocycles. The summed E-state index contributed by atoms with van der Waals surface area (Å²) >= 11 is 6.17. The molecule has 2 aromatic heterocycles. The molecule has 0 bridgehead atoms. The van der Waals surface area contributed by atoms with E-state index in [9.17, 15) is 4.79 Å². The molecule has 3 rings (SSSR count). The molecule has 1 aromatic carbocycles. The van der Waals surface area contributed by atoms with Crippen molar-refractivity contribution in [1.29, 1.82) is 0 Å². The van der Waals surface area contributed by atoms with Gasteiger partial charge in [0.1, 0.15) is 11.0 Å². The minimum absolute atomic E-state index is 0.156. The highest BCUT2D eigenvalue weighted by Crippen LogP contribution is 2.21. The van der Waals surface area contributed by atoms with E-state index in [1.807, 2.05) is 38.1 Å². The monoisotopic (exact) mass is 344 g/mol. The van der Waals surface area contributed by atoms with E-state index in [2.05, 4.69) is 25.6 Å². The van der Waals surface area contributed by atoms with E-state index in [0.717, 1.165) is 22.6 Å². The van der Waals surface area contributed by atoms with Crippen LogP contribution in [-0.4, -0.2) is 30.9 Å². The number of halogens is 1. The van der Waals surface area contributed by atoms with Crippen LogP contribution in [0.4, 0.5) is 5.69 Å². The van der Waals surface area contributed by atoms with Crippen LogP contribution in [0.25, 0.3) is 11.4 Å². The van der Waals surface area contributed by atoms with Gasteiger partial charge in [-0.3, -0.25) is 14.6 Å². The largest absolute Gasteiger partial charge is 0.326 e. The van der Waals surface area contributed by atoms with E-state index >= 15 is 0 Å². The third kappa shape index (κ3) is 3.30. The van der Waals surface area contributed by atoms with Gasteiger partial charge < -0.3 is 5.32 Å². The second-order valence-electron chi connectivity index (χ2n) is 5.53. The van der Waals surface area contributed by atoms with E-state index in [1.54, 1.807) is 11.7 Å². The fourth-order valence-corrected chi connectivity index (χ4v) is 2.69. The first-order valence-corrected chi connectivity index (χ1v) is 7.79. The maximum absolute atomic E-state index is 12.3. The Morgan fingerprint density at radius 2 is 2.17 bits per heavy atom. The number of aryl methyl sites for hydroxylation is 3. The lowest BCUT2D eigenvalue weighted by atomic mass is 10.1. The summed E-state index contributed by atoms with van der Waals surface area (Å²) < 4.78 is 1.56. The Kier molecular flexibility index (Phi) is 4.35. The number of carbonyl (C=O) groups excluding carboxylic acids is 1. The summed E-state index contributed by atoms with van der Waals surface area (Å²) in [5.74, 6) is 1.17. The van der Waals surface area contributed by atoms with Gasteiger partial charge in [0.15, 0.2) is 5.82 Å². The maximum atomic E-state index is 12.3. The van der Waals surface area contributed by atoms with Crippen LogP contribution in [0.15, 0.2) is 24.3 Å². The summed E-state index contributed by atoms with van der Waals surface area (Å²) in [5, 5.41) is 14.5. The number of aromatic amines is 1. The highest BCUT2D eigenvalue weighted by molar-refractivity contribution is 6.30. The molecule has 8 heteroatoms. The molecule has 0 aliphatic carbocycles. The normalized spacial score (nSPS) is 10.8. The average Bonchev–Trinajstić information content (AvgIpc) is 3.07. The minimum Gasteiger partial charge on any atom is -0.326 e. The van der Waals surface area contributed by atoms with Crippen LogP contribution in [-0.2, 0) is 18.3 Å². The molecule has 124 valence electrons. The Morgan fingerprint density at radius 1 is 1.38 bits per heavy atom. The smallest absolute Gasteiger partial charge is 0.228 e. The number of amides is 1. The number of H-pyrrole nitrogens is 1. The molecule has 24 heavy (non-hydrogen) atoms. The Hall–Kier alpha value is -2.67. The number of hydrogen-bond donors (Lipinski definition) is 2. The van der Waals surface area contributed by atoms with Gasteiger partial charge in [-0.15, -0.1) is 0 Å². The molecule has 0 aliphatic rings. The van der Waals surface area contributed by atoms with Gasteiger partial charge in [0.2, 0.25) is 5.91 Å². The van der Waals surface area contributed by atoms with E-state index in [1.165, 1.54) is 0 Å². The Balaban J connectivity index is 1.75. The van der Waals surface area contributed by atoms with Crippen LogP contribution in [0.1, 0.15) is 17.1 Å². The van der Waals surface area contributed by atoms with Gasteiger partial charge in [-0.05, 0) is 26.0 Å². The molecule has 0 radical (unpaired) electrons. The summed E-state index contributed by atoms with van der Waals surface area (Å²) in [5.41, 5.74) is 2.99. The maximum Gasteiger partial charge on any atom is 0.228 e. The van der Waals surface area contributed by atoms with Gasteiger partial charge in [-0.2, -0.15) is 10.2 Å². The second kappa shape index (κ2) is 6.45. The van der Waals surface area contributed by atoms with Gasteiger partial charge in [-0.25, -0.2) is 4.98 Å². The van der Waals surface area contributed by atoms with Crippen LogP contribution in [0, 0.1) is 13.8 Å². The number of benzene rings is 1. The van der Waals surface area contributed by atoms with E-state index in [0.29, 0.717) is 16.7 Å². The molecule has 0 unspecified atom stereocenters. The van der Waals surface area contributed by atoms with Gasteiger partial charge >= 0.3 is 0 Å². The molecule has 2 N–H and O–H groups in total. The zero-order chi connectivity index (χ0) is 17.3. The number of anilines is 1. The average molecular weight is 345 g/mol. The first-order valence-electron chi connectivity index (χ1n) is 7.41. The number of hydrogen-bond acceptors (Lipinski definition) is 4. The highest BCUT2D eigenvalue weighted by Gasteiger charge is 2.15. The standard InChI is InChI=1S/C16H17ClN6O/c1-9-13(15(17)23(3)22-9)8-14(24)19-12-6-4-5-11(7-12)16-18-10(2)20-21-16/h4-7H,8H2,1-3H3,(H,19,24)(H,18,20,21). The Morgan fingerprint density at radius 3 is 2.79 bits per heavy atom. The molecule has 0 aliphatic heterocycles. The summed E-state index contributed by atoms with van der Waals surface area (Å²) in [6.45, 7) is 3.67. The number of rotatable bonds is 4. The molecular formula is C16H17ClN6O. The van der Waals surface area contributed by atoms with Crippen molar-refractivity contribution in [3.05, 3.63) is 46.5 Å². The molecule has 0 fully saturated rings. The van der Waals surface area contributed by atoms with Crippen molar-refractivity contribution in [3.8, 4) is 11.4 Å². The van der Waals surface area contributed by atoms with Gasteiger partial charge in [0.05, 0.1) is 12.1 Å². The quantitative estimate of drug-likeness (QED) is 0.761. The molecular weight excluding hydrogens is 328 g/mol. The fourth-order valence-electron chi connectivity index (χ4n) is 2.45. The van der Waals surface area contributed by atoms with Crippen molar-refractivity contribution >= 4 is 23.2 Å². The predicted octanol–water partition coefficient (Wildman–Crippen LogP) is 2.66. The Bertz CT molecular complexity index is 898. The highest BCUT2D eigenvalue weighted by atomic mass is 35.5. The number of aromatic nitrogens is 5. The van der Waals surface area contributed by atoms with E-state index in [4.69, 9.17) is 11.6 Å². The zero-order valence-electron chi connectivity index (χ0n) is 13.6. The van der Waals surface area contributed by atoms with Crippen molar-refractivity contribution in [2.24, 2.45) is 7.05 Å². The number of nitrogens with one attached hydrogen (secondary N) is 2. The van der Waals surface area contributed by atoms with Crippen LogP contribution in [0.3, 0.4) is 0 Å². The lowest BCUT2D eigenvalue weighted by molar-refractivity contribution is -0.115. The van der Waals surface area contributed by atoms with Gasteiger partial charge in [-0.1, -0.05) is 23.7 Å². The van der Waals surface area contributed by atoms with Crippen molar-refractivity contribution < 1.29 is 4.79 Å². The molecule has 0 atom stereocenters. The third-order valence-electron chi connectivity index (χ3n) is 3.61. The van der Waals surface area contributed by atoms with E-state index < -0.39 is 0 Å². The van der Waals surface area contributed by atoms with Crippen molar-refractivity contribution in [3.63, 3.8) is 0 Å². The molecule has 7 nitrogen and oxygen atoms in total. The van der Waals surface area contributed by atoms with Crippen LogP contribution >= 0.6 is 11.6 Å². The molecule has 0 saturated carbocycles. The Labute approximate surface area is 144 Å². The molecule has 1 amide bonds. The van der Waals surface area contributed by atoms with Crippen molar-refractivity contribution in [2.75, 3.05) is 5.32 Å². The number of carbonyl (C=O) groups is 1. The van der Waals surface area contributed by atoms with E-state index in [-0.39, 0.29) is 12.3 Å². The third-order valence-corrected chi connectivity index (χ3v) is 4.08. The first-order chi connectivity index (χ1) is 11.4. The summed E-state index contributed by atoms with van der Waals surface area (Å²) in [6.07, 6.45) is 0.169. The summed E-state index contributed by atoms with van der Waals surface area (Å²) in [6, 6.07) is 7.39.